The summed E-state index contributed by atoms with van der Waals surface area (Å²) in [5.41, 5.74) is 9.58. The fourth-order valence-electron chi connectivity index (χ4n) is 2.70. The van der Waals surface area contributed by atoms with Crippen LogP contribution in [-0.2, 0) is 0 Å². The number of phenolic OH excluding ortho intramolecular Hbond substituents is 2. The van der Waals surface area contributed by atoms with Crippen LogP contribution in [0.3, 0.4) is 0 Å². The van der Waals surface area contributed by atoms with Crippen LogP contribution in [-0.4, -0.2) is 34.3 Å². The zero-order valence-corrected chi connectivity index (χ0v) is 17.4. The molecule has 0 aliphatic heterocycles. The van der Waals surface area contributed by atoms with Crippen LogP contribution in [0.1, 0.15) is 0 Å². The second-order valence-corrected chi connectivity index (χ2v) is 8.40. The molecule has 5 N–H and O–H groups in total. The van der Waals surface area contributed by atoms with Gasteiger partial charge in [0.05, 0.1) is 5.69 Å². The van der Waals surface area contributed by atoms with E-state index in [0.717, 1.165) is 21.3 Å². The summed E-state index contributed by atoms with van der Waals surface area (Å²) < 4.78 is 0. The second kappa shape index (κ2) is 7.61. The summed E-state index contributed by atoms with van der Waals surface area (Å²) >= 11 is 2.88. The Morgan fingerprint density at radius 2 is 1.76 bits per heavy atom. The Balaban J connectivity index is 1.56. The number of nitrogens with one attached hydrogen (secondary N) is 1. The Hall–Kier alpha value is -3.30. The summed E-state index contributed by atoms with van der Waals surface area (Å²) in [6, 6.07) is 12.7. The van der Waals surface area contributed by atoms with Gasteiger partial charge in [0.15, 0.2) is 16.6 Å². The molecule has 2 aromatic carbocycles. The molecule has 9 heteroatoms. The van der Waals surface area contributed by atoms with Crippen molar-refractivity contribution in [1.29, 1.82) is 0 Å². The van der Waals surface area contributed by atoms with Crippen molar-refractivity contribution in [2.45, 2.75) is 0 Å². The molecule has 4 rings (SSSR count). The molecular formula is C20H19N5O2S2. The van der Waals surface area contributed by atoms with Crippen LogP contribution in [0.4, 0.5) is 22.3 Å². The zero-order chi connectivity index (χ0) is 20.5. The number of rotatable bonds is 5. The highest BCUT2D eigenvalue weighted by molar-refractivity contribution is 7.23. The Bertz CT molecular complexity index is 1150. The van der Waals surface area contributed by atoms with Gasteiger partial charge in [-0.25, -0.2) is 9.97 Å². The monoisotopic (exact) mass is 425 g/mol. The number of hydrogen-bond acceptors (Lipinski definition) is 9. The molecule has 0 spiro atoms. The average molecular weight is 426 g/mol. The second-order valence-electron chi connectivity index (χ2n) is 6.54. The van der Waals surface area contributed by atoms with Gasteiger partial charge in [-0.2, -0.15) is 0 Å². The van der Waals surface area contributed by atoms with Gasteiger partial charge in [-0.05, 0) is 42.5 Å². The number of aromatic nitrogens is 2. The van der Waals surface area contributed by atoms with Crippen LogP contribution in [0.2, 0.25) is 0 Å². The highest BCUT2D eigenvalue weighted by Gasteiger charge is 2.16. The van der Waals surface area contributed by atoms with Crippen LogP contribution < -0.4 is 16.0 Å². The molecule has 0 bridgehead atoms. The molecule has 0 saturated heterocycles. The van der Waals surface area contributed by atoms with Crippen molar-refractivity contribution >= 4 is 45.0 Å². The standard InChI is InChI=1S/C20H19N5O2S2/c1-25(2)13-6-4-12(5-7-13)22-20-24-18(21)17(29-20)19-23-14(10-28-19)11-3-8-15(26)16(27)9-11/h3-10,26-27H,21H2,1-2H3,(H,22,24). The molecule has 0 radical (unpaired) electrons. The molecule has 0 atom stereocenters. The maximum atomic E-state index is 9.71. The summed E-state index contributed by atoms with van der Waals surface area (Å²) in [5, 5.41) is 25.8. The minimum absolute atomic E-state index is 0.162. The van der Waals surface area contributed by atoms with Gasteiger partial charge in [-0.1, -0.05) is 11.3 Å². The smallest absolute Gasteiger partial charge is 0.189 e. The molecule has 0 fully saturated rings. The largest absolute Gasteiger partial charge is 0.504 e. The van der Waals surface area contributed by atoms with Gasteiger partial charge in [-0.3, -0.25) is 0 Å². The molecule has 0 aliphatic carbocycles. The Labute approximate surface area is 175 Å². The van der Waals surface area contributed by atoms with E-state index in [1.807, 2.05) is 48.6 Å². The van der Waals surface area contributed by atoms with E-state index in [2.05, 4.69) is 15.3 Å². The highest BCUT2D eigenvalue weighted by Crippen LogP contribution is 2.40. The van der Waals surface area contributed by atoms with Crippen LogP contribution in [0.5, 0.6) is 11.5 Å². The van der Waals surface area contributed by atoms with E-state index in [-0.39, 0.29) is 11.5 Å². The van der Waals surface area contributed by atoms with Crippen LogP contribution in [0.15, 0.2) is 47.8 Å². The quantitative estimate of drug-likeness (QED) is 0.342. The predicted molar refractivity (Wildman–Crippen MR) is 120 cm³/mol. The summed E-state index contributed by atoms with van der Waals surface area (Å²) in [4.78, 5) is 11.9. The summed E-state index contributed by atoms with van der Waals surface area (Å²) in [6.07, 6.45) is 0. The van der Waals surface area contributed by atoms with E-state index < -0.39 is 0 Å². The number of nitrogen functional groups attached to an aromatic ring is 1. The minimum Gasteiger partial charge on any atom is -0.504 e. The lowest BCUT2D eigenvalue weighted by atomic mass is 10.1. The molecule has 148 valence electrons. The number of nitrogens with two attached hydrogens (primary N) is 1. The first-order valence-corrected chi connectivity index (χ1v) is 10.4. The Morgan fingerprint density at radius 1 is 1.00 bits per heavy atom. The number of thiazole rings is 2. The maximum Gasteiger partial charge on any atom is 0.189 e. The van der Waals surface area contributed by atoms with Crippen LogP contribution in [0, 0.1) is 0 Å². The van der Waals surface area contributed by atoms with Gasteiger partial charge in [-0.15, -0.1) is 11.3 Å². The molecule has 2 aromatic heterocycles. The van der Waals surface area contributed by atoms with Crippen molar-refractivity contribution in [1.82, 2.24) is 9.97 Å². The van der Waals surface area contributed by atoms with Crippen molar-refractivity contribution in [3.8, 4) is 32.6 Å². The molecular weight excluding hydrogens is 406 g/mol. The van der Waals surface area contributed by atoms with Crippen molar-refractivity contribution in [2.24, 2.45) is 0 Å². The fourth-order valence-corrected chi connectivity index (χ4v) is 4.53. The number of nitrogens with zero attached hydrogens (tertiary/aromatic N) is 3. The van der Waals surface area contributed by atoms with Gasteiger partial charge in [0.2, 0.25) is 0 Å². The van der Waals surface area contributed by atoms with E-state index in [9.17, 15) is 10.2 Å². The van der Waals surface area contributed by atoms with Gasteiger partial charge in [0.25, 0.3) is 0 Å². The number of anilines is 4. The first-order chi connectivity index (χ1) is 13.9. The predicted octanol–water partition coefficient (Wildman–Crippen LogP) is 4.74. The maximum absolute atomic E-state index is 9.71. The van der Waals surface area contributed by atoms with Gasteiger partial charge in [0.1, 0.15) is 15.7 Å². The Kier molecular flexibility index (Phi) is 4.99. The number of hydrogen-bond donors (Lipinski definition) is 4. The van der Waals surface area contributed by atoms with Crippen molar-refractivity contribution in [2.75, 3.05) is 30.0 Å². The molecule has 7 nitrogen and oxygen atoms in total. The van der Waals surface area contributed by atoms with Crippen LogP contribution >= 0.6 is 22.7 Å². The topological polar surface area (TPSA) is 108 Å². The summed E-state index contributed by atoms with van der Waals surface area (Å²) in [7, 11) is 4.00. The van der Waals surface area contributed by atoms with Gasteiger partial charge < -0.3 is 26.2 Å². The molecule has 0 saturated carbocycles. The lowest BCUT2D eigenvalue weighted by Gasteiger charge is -2.12. The SMILES string of the molecule is CN(C)c1ccc(Nc2nc(N)c(-c3nc(-c4ccc(O)c(O)c4)cs3)s2)cc1. The normalized spacial score (nSPS) is 10.8. The van der Waals surface area contributed by atoms with E-state index in [1.165, 1.54) is 34.8 Å². The van der Waals surface area contributed by atoms with Gasteiger partial charge in [0, 0.05) is 36.4 Å². The number of benzene rings is 2. The molecule has 0 amide bonds. The third-order valence-corrected chi connectivity index (χ3v) is 6.24. The lowest BCUT2D eigenvalue weighted by Crippen LogP contribution is -2.08. The average Bonchev–Trinajstić information content (AvgIpc) is 3.31. The first kappa shape index (κ1) is 19.0. The van der Waals surface area contributed by atoms with Crippen molar-refractivity contribution in [3.05, 3.63) is 47.8 Å². The Morgan fingerprint density at radius 3 is 2.45 bits per heavy atom. The number of phenols is 2. The molecule has 2 heterocycles. The molecule has 4 aromatic rings. The molecule has 0 unspecified atom stereocenters. The summed E-state index contributed by atoms with van der Waals surface area (Å²) in [6.45, 7) is 0. The minimum atomic E-state index is -0.180. The van der Waals surface area contributed by atoms with E-state index in [1.54, 1.807) is 6.07 Å². The number of aromatic hydroxyl groups is 2. The third-order valence-electron chi connectivity index (χ3n) is 4.26. The summed E-state index contributed by atoms with van der Waals surface area (Å²) in [5.74, 6) is 0.0724. The lowest BCUT2D eigenvalue weighted by molar-refractivity contribution is 0.404. The fraction of sp³-hybridized carbons (Fsp3) is 0.100. The van der Waals surface area contributed by atoms with E-state index >= 15 is 0 Å². The van der Waals surface area contributed by atoms with Crippen LogP contribution in [0.25, 0.3) is 21.1 Å². The first-order valence-electron chi connectivity index (χ1n) is 8.69. The van der Waals surface area contributed by atoms with Gasteiger partial charge >= 0.3 is 0 Å². The van der Waals surface area contributed by atoms with Crippen molar-refractivity contribution < 1.29 is 10.2 Å². The highest BCUT2D eigenvalue weighted by atomic mass is 32.1. The van der Waals surface area contributed by atoms with E-state index in [4.69, 9.17) is 5.73 Å². The molecule has 0 aliphatic rings. The molecule has 29 heavy (non-hydrogen) atoms. The van der Waals surface area contributed by atoms with E-state index in [0.29, 0.717) is 22.2 Å². The van der Waals surface area contributed by atoms with Crippen molar-refractivity contribution in [3.63, 3.8) is 0 Å². The third kappa shape index (κ3) is 3.96. The zero-order valence-electron chi connectivity index (χ0n) is 15.7.